The summed E-state index contributed by atoms with van der Waals surface area (Å²) in [5.74, 6) is 0.503. The quantitative estimate of drug-likeness (QED) is 0.749. The molecule has 1 aromatic heterocycles. The smallest absolute Gasteiger partial charge is 0.244 e. The number of likely N-dealkylation sites (N-methyl/N-ethyl adjacent to an activating group) is 1. The first-order chi connectivity index (χ1) is 13.1. The van der Waals surface area contributed by atoms with Crippen molar-refractivity contribution in [1.29, 1.82) is 0 Å². The largest absolute Gasteiger partial charge is 0.337 e. The summed E-state index contributed by atoms with van der Waals surface area (Å²) in [6.45, 7) is 5.10. The van der Waals surface area contributed by atoms with E-state index in [4.69, 9.17) is 0 Å². The van der Waals surface area contributed by atoms with Gasteiger partial charge in [-0.25, -0.2) is 4.39 Å². The van der Waals surface area contributed by atoms with E-state index in [2.05, 4.69) is 22.0 Å². The van der Waals surface area contributed by atoms with Crippen molar-refractivity contribution in [3.05, 3.63) is 47.8 Å². The maximum Gasteiger partial charge on any atom is 0.244 e. The van der Waals surface area contributed by atoms with Crippen molar-refractivity contribution in [3.8, 4) is 0 Å². The summed E-state index contributed by atoms with van der Waals surface area (Å²) in [5, 5.41) is 8.15. The molecule has 1 aliphatic heterocycles. The van der Waals surface area contributed by atoms with Crippen LogP contribution in [0.25, 0.3) is 0 Å². The van der Waals surface area contributed by atoms with Crippen molar-refractivity contribution in [3.63, 3.8) is 0 Å². The lowest BCUT2D eigenvalue weighted by Crippen LogP contribution is -2.43. The van der Waals surface area contributed by atoms with Crippen LogP contribution in [0.15, 0.2) is 30.6 Å². The lowest BCUT2D eigenvalue weighted by Gasteiger charge is -2.36. The van der Waals surface area contributed by atoms with Crippen LogP contribution >= 0.6 is 0 Å². The summed E-state index contributed by atoms with van der Waals surface area (Å²) in [4.78, 5) is 17.3. The van der Waals surface area contributed by atoms with Gasteiger partial charge in [-0.15, -0.1) is 10.2 Å². The zero-order valence-corrected chi connectivity index (χ0v) is 16.1. The standard InChI is InChI=1S/C20H28FN5O/c1-3-11-26-15-22-23-18(26)14-24(2)20(27)19(25-12-5-4-6-13-25)16-7-9-17(21)10-8-16/h7-10,15,19H,3-6,11-14H2,1-2H3. The minimum absolute atomic E-state index is 0.00885. The summed E-state index contributed by atoms with van der Waals surface area (Å²) in [5.41, 5.74) is 0.838. The van der Waals surface area contributed by atoms with E-state index >= 15 is 0 Å². The lowest BCUT2D eigenvalue weighted by molar-refractivity contribution is -0.137. The van der Waals surface area contributed by atoms with Crippen LogP contribution < -0.4 is 0 Å². The Balaban J connectivity index is 1.80. The molecule has 2 heterocycles. The van der Waals surface area contributed by atoms with E-state index in [-0.39, 0.29) is 11.7 Å². The van der Waals surface area contributed by atoms with E-state index in [1.165, 1.54) is 18.6 Å². The normalized spacial score (nSPS) is 16.3. The minimum atomic E-state index is -0.390. The molecule has 1 fully saturated rings. The van der Waals surface area contributed by atoms with Crippen molar-refractivity contribution < 1.29 is 9.18 Å². The molecular formula is C20H28FN5O. The third-order valence-electron chi connectivity index (χ3n) is 5.09. The second-order valence-electron chi connectivity index (χ2n) is 7.19. The number of hydrogen-bond acceptors (Lipinski definition) is 4. The Hall–Kier alpha value is -2.28. The number of rotatable bonds is 7. The number of aromatic nitrogens is 3. The van der Waals surface area contributed by atoms with E-state index in [1.807, 2.05) is 4.57 Å². The number of carbonyl (C=O) groups is 1. The molecule has 0 radical (unpaired) electrons. The first kappa shape index (κ1) is 19.5. The van der Waals surface area contributed by atoms with Crippen LogP contribution in [-0.4, -0.2) is 50.6 Å². The van der Waals surface area contributed by atoms with Gasteiger partial charge in [0.2, 0.25) is 5.91 Å². The summed E-state index contributed by atoms with van der Waals surface area (Å²) >= 11 is 0. The molecule has 1 amide bonds. The highest BCUT2D eigenvalue weighted by molar-refractivity contribution is 5.83. The number of nitrogens with zero attached hydrogens (tertiary/aromatic N) is 5. The summed E-state index contributed by atoms with van der Waals surface area (Å²) in [6.07, 6.45) is 6.05. The molecule has 1 unspecified atom stereocenters. The molecule has 7 heteroatoms. The Labute approximate surface area is 160 Å². The molecule has 0 saturated carbocycles. The van der Waals surface area contributed by atoms with Gasteiger partial charge in [-0.1, -0.05) is 25.5 Å². The number of carbonyl (C=O) groups excluding carboxylic acids is 1. The summed E-state index contributed by atoms with van der Waals surface area (Å²) in [6, 6.07) is 5.91. The number of benzene rings is 1. The molecule has 1 aliphatic rings. The van der Waals surface area contributed by atoms with E-state index in [0.29, 0.717) is 6.54 Å². The number of aryl methyl sites for hydroxylation is 1. The zero-order valence-electron chi connectivity index (χ0n) is 16.1. The monoisotopic (exact) mass is 373 g/mol. The van der Waals surface area contributed by atoms with Gasteiger partial charge < -0.3 is 9.47 Å². The molecular weight excluding hydrogens is 345 g/mol. The molecule has 1 atom stereocenters. The van der Waals surface area contributed by atoms with E-state index in [1.54, 1.807) is 30.4 Å². The van der Waals surface area contributed by atoms with E-state index in [9.17, 15) is 9.18 Å². The maximum absolute atomic E-state index is 13.4. The Morgan fingerprint density at radius 1 is 1.22 bits per heavy atom. The van der Waals surface area contributed by atoms with Gasteiger partial charge in [-0.05, 0) is 50.0 Å². The third-order valence-corrected chi connectivity index (χ3v) is 5.09. The van der Waals surface area contributed by atoms with Crippen molar-refractivity contribution >= 4 is 5.91 Å². The van der Waals surface area contributed by atoms with Gasteiger partial charge in [0.1, 0.15) is 18.2 Å². The van der Waals surface area contributed by atoms with Crippen LogP contribution in [0.2, 0.25) is 0 Å². The maximum atomic E-state index is 13.4. The second-order valence-corrected chi connectivity index (χ2v) is 7.19. The van der Waals surface area contributed by atoms with E-state index in [0.717, 1.165) is 50.3 Å². The predicted molar refractivity (Wildman–Crippen MR) is 101 cm³/mol. The number of piperidine rings is 1. The van der Waals surface area contributed by atoms with Crippen LogP contribution in [0, 0.1) is 5.82 Å². The molecule has 0 aliphatic carbocycles. The topological polar surface area (TPSA) is 54.3 Å². The number of likely N-dealkylation sites (tertiary alicyclic amines) is 1. The fraction of sp³-hybridized carbons (Fsp3) is 0.550. The number of amides is 1. The highest BCUT2D eigenvalue weighted by Gasteiger charge is 2.31. The van der Waals surface area contributed by atoms with Crippen LogP contribution in [0.3, 0.4) is 0 Å². The molecule has 1 saturated heterocycles. The van der Waals surface area contributed by atoms with E-state index < -0.39 is 6.04 Å². The molecule has 0 bridgehead atoms. The number of hydrogen-bond donors (Lipinski definition) is 0. The van der Waals surface area contributed by atoms with Crippen molar-refractivity contribution in [1.82, 2.24) is 24.6 Å². The van der Waals surface area contributed by atoms with Crippen LogP contribution in [0.1, 0.15) is 50.0 Å². The Kier molecular flexibility index (Phi) is 6.55. The molecule has 146 valence electrons. The Morgan fingerprint density at radius 2 is 1.93 bits per heavy atom. The summed E-state index contributed by atoms with van der Waals surface area (Å²) in [7, 11) is 1.80. The highest BCUT2D eigenvalue weighted by atomic mass is 19.1. The lowest BCUT2D eigenvalue weighted by atomic mass is 10.0. The first-order valence-electron chi connectivity index (χ1n) is 9.71. The molecule has 6 nitrogen and oxygen atoms in total. The van der Waals surface area contributed by atoms with Gasteiger partial charge in [-0.2, -0.15) is 0 Å². The van der Waals surface area contributed by atoms with Crippen LogP contribution in [-0.2, 0) is 17.9 Å². The summed E-state index contributed by atoms with van der Waals surface area (Å²) < 4.78 is 15.4. The van der Waals surface area contributed by atoms with Crippen molar-refractivity contribution in [2.45, 2.75) is 51.7 Å². The average molecular weight is 373 g/mol. The Bertz CT molecular complexity index is 739. The Morgan fingerprint density at radius 3 is 2.59 bits per heavy atom. The molecule has 1 aromatic carbocycles. The van der Waals surface area contributed by atoms with Crippen LogP contribution in [0.4, 0.5) is 4.39 Å². The van der Waals surface area contributed by atoms with Gasteiger partial charge in [-0.3, -0.25) is 9.69 Å². The zero-order chi connectivity index (χ0) is 19.2. The molecule has 27 heavy (non-hydrogen) atoms. The van der Waals surface area contributed by atoms with Gasteiger partial charge in [0.15, 0.2) is 5.82 Å². The first-order valence-corrected chi connectivity index (χ1v) is 9.71. The predicted octanol–water partition coefficient (Wildman–Crippen LogP) is 3.01. The van der Waals surface area contributed by atoms with Gasteiger partial charge in [0.25, 0.3) is 0 Å². The molecule has 0 N–H and O–H groups in total. The van der Waals surface area contributed by atoms with Crippen LogP contribution in [0.5, 0.6) is 0 Å². The fourth-order valence-corrected chi connectivity index (χ4v) is 3.66. The SMILES string of the molecule is CCCn1cnnc1CN(C)C(=O)C(c1ccc(F)cc1)N1CCCCC1. The van der Waals surface area contributed by atoms with Crippen molar-refractivity contribution in [2.24, 2.45) is 0 Å². The van der Waals surface area contributed by atoms with Gasteiger partial charge in [0, 0.05) is 13.6 Å². The molecule has 3 rings (SSSR count). The third kappa shape index (κ3) is 4.71. The van der Waals surface area contributed by atoms with Crippen molar-refractivity contribution in [2.75, 3.05) is 20.1 Å². The number of halogens is 1. The van der Waals surface area contributed by atoms with Gasteiger partial charge >= 0.3 is 0 Å². The molecule has 0 spiro atoms. The van der Waals surface area contributed by atoms with Gasteiger partial charge in [0.05, 0.1) is 6.54 Å². The highest BCUT2D eigenvalue weighted by Crippen LogP contribution is 2.27. The minimum Gasteiger partial charge on any atom is -0.337 e. The average Bonchev–Trinajstić information content (AvgIpc) is 3.11. The molecule has 2 aromatic rings. The fourth-order valence-electron chi connectivity index (χ4n) is 3.66. The second kappa shape index (κ2) is 9.08.